The van der Waals surface area contributed by atoms with Crippen LogP contribution in [-0.2, 0) is 19.4 Å². The maximum Gasteiger partial charge on any atom is 0.371 e. The highest BCUT2D eigenvalue weighted by atomic mass is 16.4. The van der Waals surface area contributed by atoms with Crippen LogP contribution in [0.2, 0.25) is 0 Å². The summed E-state index contributed by atoms with van der Waals surface area (Å²) in [4.78, 5) is 25.1. The molecule has 114 valence electrons. The van der Waals surface area contributed by atoms with Crippen molar-refractivity contribution >= 4 is 11.9 Å². The highest BCUT2D eigenvalue weighted by molar-refractivity contribution is 5.97. The Hall–Kier alpha value is -2.56. The number of carboxylic acid groups (broad SMARTS) is 1. The van der Waals surface area contributed by atoms with Gasteiger partial charge < -0.3 is 14.4 Å². The van der Waals surface area contributed by atoms with Gasteiger partial charge in [0, 0.05) is 12.1 Å². The second kappa shape index (κ2) is 5.67. The second-order valence-corrected chi connectivity index (χ2v) is 5.39. The van der Waals surface area contributed by atoms with Crippen LogP contribution in [0.15, 0.2) is 34.7 Å². The lowest BCUT2D eigenvalue weighted by Crippen LogP contribution is -2.37. The molecule has 1 aliphatic rings. The first-order valence-corrected chi connectivity index (χ1v) is 7.31. The fourth-order valence-corrected chi connectivity index (χ4v) is 2.70. The number of aromatic carboxylic acids is 1. The number of carboxylic acids is 1. The zero-order chi connectivity index (χ0) is 15.7. The molecule has 1 amide bonds. The first-order valence-electron chi connectivity index (χ1n) is 7.31. The standard InChI is InChI=1S/C17H17NO4/c1-2-11-3-4-12-7-8-18(16(19)14(12)9-11)10-13-5-6-15(22-13)17(20)21/h3-6,9H,2,7-8,10H2,1H3,(H,20,21). The molecule has 0 aliphatic carbocycles. The van der Waals surface area contributed by atoms with Crippen molar-refractivity contribution in [1.82, 2.24) is 4.90 Å². The zero-order valence-corrected chi connectivity index (χ0v) is 12.3. The highest BCUT2D eigenvalue weighted by Gasteiger charge is 2.25. The molecule has 5 nitrogen and oxygen atoms in total. The maximum atomic E-state index is 12.6. The van der Waals surface area contributed by atoms with E-state index < -0.39 is 5.97 Å². The Kier molecular flexibility index (Phi) is 3.71. The monoisotopic (exact) mass is 299 g/mol. The highest BCUT2D eigenvalue weighted by Crippen LogP contribution is 2.22. The lowest BCUT2D eigenvalue weighted by Gasteiger charge is -2.28. The molecule has 0 bridgehead atoms. The van der Waals surface area contributed by atoms with Crippen molar-refractivity contribution in [2.45, 2.75) is 26.3 Å². The van der Waals surface area contributed by atoms with Crippen molar-refractivity contribution < 1.29 is 19.1 Å². The normalized spacial score (nSPS) is 14.0. The van der Waals surface area contributed by atoms with Crippen molar-refractivity contribution in [2.75, 3.05) is 6.54 Å². The zero-order valence-electron chi connectivity index (χ0n) is 12.3. The molecule has 0 unspecified atom stereocenters. The molecule has 1 aromatic carbocycles. The molecular weight excluding hydrogens is 282 g/mol. The number of hydrogen-bond donors (Lipinski definition) is 1. The minimum absolute atomic E-state index is 0.0233. The van der Waals surface area contributed by atoms with Gasteiger partial charge in [0.05, 0.1) is 6.54 Å². The number of rotatable bonds is 4. The van der Waals surface area contributed by atoms with Crippen LogP contribution in [-0.4, -0.2) is 28.4 Å². The lowest BCUT2D eigenvalue weighted by atomic mass is 9.96. The summed E-state index contributed by atoms with van der Waals surface area (Å²) >= 11 is 0. The van der Waals surface area contributed by atoms with E-state index in [0.717, 1.165) is 29.5 Å². The van der Waals surface area contributed by atoms with E-state index in [0.29, 0.717) is 18.8 Å². The van der Waals surface area contributed by atoms with Gasteiger partial charge in [0.25, 0.3) is 5.91 Å². The van der Waals surface area contributed by atoms with Crippen molar-refractivity contribution in [3.05, 3.63) is 58.5 Å². The molecule has 1 aliphatic heterocycles. The van der Waals surface area contributed by atoms with E-state index in [9.17, 15) is 9.59 Å². The lowest BCUT2D eigenvalue weighted by molar-refractivity contribution is 0.0655. The van der Waals surface area contributed by atoms with E-state index in [-0.39, 0.29) is 11.7 Å². The van der Waals surface area contributed by atoms with Crippen LogP contribution in [0.25, 0.3) is 0 Å². The predicted octanol–water partition coefficient (Wildman–Crippen LogP) is 2.74. The van der Waals surface area contributed by atoms with Gasteiger partial charge in [-0.15, -0.1) is 0 Å². The molecule has 0 radical (unpaired) electrons. The topological polar surface area (TPSA) is 70.8 Å². The number of nitrogens with zero attached hydrogens (tertiary/aromatic N) is 1. The van der Waals surface area contributed by atoms with Crippen molar-refractivity contribution in [3.63, 3.8) is 0 Å². The Morgan fingerprint density at radius 3 is 2.82 bits per heavy atom. The van der Waals surface area contributed by atoms with Gasteiger partial charge in [0.2, 0.25) is 5.76 Å². The Morgan fingerprint density at radius 2 is 2.14 bits per heavy atom. The molecular formula is C17H17NO4. The number of furan rings is 1. The molecule has 0 atom stereocenters. The van der Waals surface area contributed by atoms with Crippen LogP contribution in [0.5, 0.6) is 0 Å². The van der Waals surface area contributed by atoms with E-state index in [4.69, 9.17) is 9.52 Å². The molecule has 22 heavy (non-hydrogen) atoms. The van der Waals surface area contributed by atoms with Crippen molar-refractivity contribution in [3.8, 4) is 0 Å². The van der Waals surface area contributed by atoms with Gasteiger partial charge in [-0.1, -0.05) is 19.1 Å². The van der Waals surface area contributed by atoms with Gasteiger partial charge in [-0.2, -0.15) is 0 Å². The molecule has 2 aromatic rings. The van der Waals surface area contributed by atoms with Crippen molar-refractivity contribution in [2.24, 2.45) is 0 Å². The maximum absolute atomic E-state index is 12.6. The second-order valence-electron chi connectivity index (χ2n) is 5.39. The average molecular weight is 299 g/mol. The summed E-state index contributed by atoms with van der Waals surface area (Å²) in [6.45, 7) is 2.96. The van der Waals surface area contributed by atoms with E-state index in [1.54, 1.807) is 11.0 Å². The van der Waals surface area contributed by atoms with E-state index in [1.165, 1.54) is 6.07 Å². The number of fused-ring (bicyclic) bond motifs is 1. The van der Waals surface area contributed by atoms with Crippen LogP contribution in [0.1, 0.15) is 44.7 Å². The molecule has 0 saturated heterocycles. The van der Waals surface area contributed by atoms with Gasteiger partial charge >= 0.3 is 5.97 Å². The minimum Gasteiger partial charge on any atom is -0.475 e. The van der Waals surface area contributed by atoms with Gasteiger partial charge in [-0.05, 0) is 42.2 Å². The number of carbonyl (C=O) groups excluding carboxylic acids is 1. The van der Waals surface area contributed by atoms with E-state index in [2.05, 4.69) is 13.0 Å². The van der Waals surface area contributed by atoms with Crippen molar-refractivity contribution in [1.29, 1.82) is 0 Å². The average Bonchev–Trinajstić information content (AvgIpc) is 2.99. The fraction of sp³-hybridized carbons (Fsp3) is 0.294. The third kappa shape index (κ3) is 2.62. The summed E-state index contributed by atoms with van der Waals surface area (Å²) < 4.78 is 5.24. The number of hydrogen-bond acceptors (Lipinski definition) is 3. The predicted molar refractivity (Wildman–Crippen MR) is 79.9 cm³/mol. The molecule has 2 heterocycles. The van der Waals surface area contributed by atoms with Crippen LogP contribution < -0.4 is 0 Å². The molecule has 5 heteroatoms. The summed E-state index contributed by atoms with van der Waals surface area (Å²) in [5.74, 6) is -0.743. The Morgan fingerprint density at radius 1 is 1.32 bits per heavy atom. The Bertz CT molecular complexity index is 732. The smallest absolute Gasteiger partial charge is 0.371 e. The summed E-state index contributed by atoms with van der Waals surface area (Å²) in [5.41, 5.74) is 2.96. The van der Waals surface area contributed by atoms with Crippen LogP contribution >= 0.6 is 0 Å². The molecule has 0 fully saturated rings. The number of aryl methyl sites for hydroxylation is 1. The minimum atomic E-state index is -1.10. The Balaban J connectivity index is 1.81. The first-order chi connectivity index (χ1) is 10.6. The quantitative estimate of drug-likeness (QED) is 0.942. The SMILES string of the molecule is CCc1ccc2c(c1)C(=O)N(Cc1ccc(C(=O)O)o1)CC2. The van der Waals surface area contributed by atoms with Crippen LogP contribution in [0.3, 0.4) is 0 Å². The Labute approximate surface area is 128 Å². The van der Waals surface area contributed by atoms with Gasteiger partial charge in [-0.3, -0.25) is 4.79 Å². The molecule has 1 N–H and O–H groups in total. The van der Waals surface area contributed by atoms with E-state index >= 15 is 0 Å². The van der Waals surface area contributed by atoms with Gasteiger partial charge in [-0.25, -0.2) is 4.79 Å². The number of carbonyl (C=O) groups is 2. The summed E-state index contributed by atoms with van der Waals surface area (Å²) in [5, 5.41) is 8.87. The fourth-order valence-electron chi connectivity index (χ4n) is 2.70. The summed E-state index contributed by atoms with van der Waals surface area (Å²) in [6.07, 6.45) is 1.69. The van der Waals surface area contributed by atoms with Gasteiger partial charge in [0.1, 0.15) is 5.76 Å². The first kappa shape index (κ1) is 14.4. The third-order valence-electron chi connectivity index (χ3n) is 3.97. The number of benzene rings is 1. The molecule has 0 saturated carbocycles. The third-order valence-corrected chi connectivity index (χ3v) is 3.97. The number of amides is 1. The van der Waals surface area contributed by atoms with Gasteiger partial charge in [0.15, 0.2) is 0 Å². The summed E-state index contributed by atoms with van der Waals surface area (Å²) in [7, 11) is 0. The largest absolute Gasteiger partial charge is 0.475 e. The summed E-state index contributed by atoms with van der Waals surface area (Å²) in [6, 6.07) is 9.06. The molecule has 0 spiro atoms. The van der Waals surface area contributed by atoms with E-state index in [1.807, 2.05) is 12.1 Å². The molecule has 1 aromatic heterocycles. The van der Waals surface area contributed by atoms with Crippen LogP contribution in [0, 0.1) is 0 Å². The molecule has 3 rings (SSSR count). The van der Waals surface area contributed by atoms with Crippen LogP contribution in [0.4, 0.5) is 0 Å².